The van der Waals surface area contributed by atoms with Crippen molar-refractivity contribution in [2.24, 2.45) is 16.3 Å². The van der Waals surface area contributed by atoms with Gasteiger partial charge in [0.05, 0.1) is 29.4 Å². The maximum atomic E-state index is 12.9. The molecule has 0 radical (unpaired) electrons. The fourth-order valence-electron chi connectivity index (χ4n) is 3.76. The molecule has 25 heavy (non-hydrogen) atoms. The summed E-state index contributed by atoms with van der Waals surface area (Å²) >= 11 is 1.28. The van der Waals surface area contributed by atoms with Gasteiger partial charge in [0.25, 0.3) is 0 Å². The number of thioether (sulfide) groups is 1. The second-order valence-electron chi connectivity index (χ2n) is 7.23. The summed E-state index contributed by atoms with van der Waals surface area (Å²) < 4.78 is 0. The van der Waals surface area contributed by atoms with Gasteiger partial charge in [-0.1, -0.05) is 55.9 Å². The molecule has 2 atom stereocenters. The lowest BCUT2D eigenvalue weighted by Gasteiger charge is -2.40. The van der Waals surface area contributed by atoms with E-state index in [1.54, 1.807) is 0 Å². The molecule has 3 rings (SSSR count). The van der Waals surface area contributed by atoms with Crippen molar-refractivity contribution in [3.63, 3.8) is 0 Å². The zero-order valence-corrected chi connectivity index (χ0v) is 15.1. The van der Waals surface area contributed by atoms with Crippen molar-refractivity contribution in [1.82, 2.24) is 0 Å². The topological polar surface area (TPSA) is 77.0 Å². The molecule has 126 valence electrons. The van der Waals surface area contributed by atoms with Crippen LogP contribution in [-0.4, -0.2) is 17.2 Å². The molecule has 5 heteroatoms. The predicted molar refractivity (Wildman–Crippen MR) is 98.8 cm³/mol. The van der Waals surface area contributed by atoms with E-state index in [1.807, 2.05) is 30.3 Å². The number of fused-ring (bicyclic) bond motifs is 1. The molecule has 1 aliphatic carbocycles. The van der Waals surface area contributed by atoms with Gasteiger partial charge in [-0.05, 0) is 17.4 Å². The van der Waals surface area contributed by atoms with E-state index in [1.165, 1.54) is 11.8 Å². The van der Waals surface area contributed by atoms with E-state index in [9.17, 15) is 10.1 Å². The summed E-state index contributed by atoms with van der Waals surface area (Å²) in [4.78, 5) is 17.6. The third-order valence-corrected chi connectivity index (χ3v) is 5.55. The highest BCUT2D eigenvalue weighted by Crippen LogP contribution is 2.48. The summed E-state index contributed by atoms with van der Waals surface area (Å²) in [5, 5.41) is 19.3. The van der Waals surface area contributed by atoms with E-state index >= 15 is 0 Å². The normalized spacial score (nSPS) is 24.8. The fraction of sp³-hybridized carbons (Fsp3) is 0.400. The van der Waals surface area contributed by atoms with Crippen LogP contribution in [0, 0.1) is 34.0 Å². The van der Waals surface area contributed by atoms with E-state index in [0.717, 1.165) is 17.7 Å². The smallest absolute Gasteiger partial charge is 0.143 e. The van der Waals surface area contributed by atoms with E-state index in [-0.39, 0.29) is 28.8 Å². The maximum absolute atomic E-state index is 12.9. The first-order valence-corrected chi connectivity index (χ1v) is 9.24. The van der Waals surface area contributed by atoms with Gasteiger partial charge in [-0.3, -0.25) is 4.79 Å². The molecule has 1 aromatic rings. The van der Waals surface area contributed by atoms with Gasteiger partial charge in [-0.25, -0.2) is 4.99 Å². The first-order chi connectivity index (χ1) is 12.0. The molecule has 0 amide bonds. The number of benzene rings is 1. The second-order valence-corrected chi connectivity index (χ2v) is 8.19. The Morgan fingerprint density at radius 2 is 1.92 bits per heavy atom. The molecule has 1 heterocycles. The van der Waals surface area contributed by atoms with Crippen LogP contribution in [0.25, 0.3) is 0 Å². The fourth-order valence-corrected chi connectivity index (χ4v) is 4.47. The molecule has 0 aromatic heterocycles. The van der Waals surface area contributed by atoms with Gasteiger partial charge >= 0.3 is 0 Å². The summed E-state index contributed by atoms with van der Waals surface area (Å²) in [6.07, 6.45) is 1.24. The number of hydrogen-bond acceptors (Lipinski definition) is 5. The van der Waals surface area contributed by atoms with Crippen molar-refractivity contribution >= 4 is 23.3 Å². The summed E-state index contributed by atoms with van der Waals surface area (Å²) in [5.74, 6) is -0.276. The van der Waals surface area contributed by atoms with Gasteiger partial charge < -0.3 is 0 Å². The molecule has 1 aromatic carbocycles. The van der Waals surface area contributed by atoms with Gasteiger partial charge in [0.1, 0.15) is 10.8 Å². The average Bonchev–Trinajstić information content (AvgIpc) is 2.58. The quantitative estimate of drug-likeness (QED) is 0.818. The lowest BCUT2D eigenvalue weighted by Crippen LogP contribution is -2.42. The highest BCUT2D eigenvalue weighted by Gasteiger charge is 2.46. The number of aliphatic imine (C=N–C) groups is 1. The molecule has 0 bridgehead atoms. The minimum Gasteiger partial charge on any atom is -0.299 e. The van der Waals surface area contributed by atoms with Crippen molar-refractivity contribution in [3.8, 4) is 12.1 Å². The lowest BCUT2D eigenvalue weighted by atomic mass is 9.64. The van der Waals surface area contributed by atoms with Crippen LogP contribution in [0.15, 0.2) is 45.9 Å². The highest BCUT2D eigenvalue weighted by atomic mass is 32.2. The standard InChI is InChI=1S/C20H19N3OS/c1-20(2)10-15-18(16(24)11-20)17(13-6-4-3-5-7-13)14(12-22)19(23-15)25-9-8-21/h3-7,17-18H,9-11H2,1-2H3/t17-,18?/m0/s1. The largest absolute Gasteiger partial charge is 0.299 e. The number of hydrogen-bond donors (Lipinski definition) is 0. The van der Waals surface area contributed by atoms with Gasteiger partial charge in [0.15, 0.2) is 0 Å². The van der Waals surface area contributed by atoms with E-state index in [2.05, 4.69) is 31.0 Å². The molecule has 1 aliphatic heterocycles. The van der Waals surface area contributed by atoms with Crippen LogP contribution in [-0.2, 0) is 4.79 Å². The van der Waals surface area contributed by atoms with Crippen LogP contribution in [0.1, 0.15) is 38.2 Å². The second kappa shape index (κ2) is 6.86. The Labute approximate surface area is 152 Å². The molecular weight excluding hydrogens is 330 g/mol. The van der Waals surface area contributed by atoms with Gasteiger partial charge in [-0.15, -0.1) is 0 Å². The summed E-state index contributed by atoms with van der Waals surface area (Å²) in [6, 6.07) is 14.1. The van der Waals surface area contributed by atoms with Crippen LogP contribution in [0.4, 0.5) is 0 Å². The third kappa shape index (κ3) is 3.38. The molecule has 1 fully saturated rings. The predicted octanol–water partition coefficient (Wildman–Crippen LogP) is 4.22. The average molecular weight is 349 g/mol. The Hall–Kier alpha value is -2.37. The monoisotopic (exact) mass is 349 g/mol. The number of rotatable bonds is 3. The molecular formula is C20H19N3OS. The lowest BCUT2D eigenvalue weighted by molar-refractivity contribution is -0.124. The first-order valence-electron chi connectivity index (χ1n) is 8.26. The Balaban J connectivity index is 2.15. The molecule has 2 aliphatic rings. The van der Waals surface area contributed by atoms with Crippen molar-refractivity contribution in [2.75, 3.05) is 5.75 Å². The van der Waals surface area contributed by atoms with Crippen molar-refractivity contribution < 1.29 is 4.79 Å². The zero-order chi connectivity index (χ0) is 18.0. The molecule has 1 unspecified atom stereocenters. The van der Waals surface area contributed by atoms with Crippen molar-refractivity contribution in [3.05, 3.63) is 46.5 Å². The number of carbonyl (C=O) groups excluding carboxylic acids is 1. The van der Waals surface area contributed by atoms with Crippen molar-refractivity contribution in [2.45, 2.75) is 32.6 Å². The summed E-state index contributed by atoms with van der Waals surface area (Å²) in [7, 11) is 0. The minimum absolute atomic E-state index is 0.122. The molecule has 0 N–H and O–H groups in total. The van der Waals surface area contributed by atoms with Gasteiger partial charge in [0.2, 0.25) is 0 Å². The number of Topliss-reactive ketones (excluding diaryl/α,β-unsaturated/α-hetero) is 1. The molecule has 1 saturated carbocycles. The van der Waals surface area contributed by atoms with Gasteiger partial charge in [-0.2, -0.15) is 10.5 Å². The van der Waals surface area contributed by atoms with E-state index in [0.29, 0.717) is 17.0 Å². The van der Waals surface area contributed by atoms with Gasteiger partial charge in [0, 0.05) is 18.1 Å². The van der Waals surface area contributed by atoms with Crippen LogP contribution in [0.5, 0.6) is 0 Å². The Morgan fingerprint density at radius 1 is 1.20 bits per heavy atom. The number of ketones is 1. The Morgan fingerprint density at radius 3 is 2.56 bits per heavy atom. The number of nitrogens with zero attached hydrogens (tertiary/aromatic N) is 3. The van der Waals surface area contributed by atoms with E-state index < -0.39 is 0 Å². The number of nitriles is 2. The highest BCUT2D eigenvalue weighted by molar-refractivity contribution is 8.03. The molecule has 0 saturated heterocycles. The summed E-state index contributed by atoms with van der Waals surface area (Å²) in [6.45, 7) is 4.15. The van der Waals surface area contributed by atoms with Crippen LogP contribution in [0.2, 0.25) is 0 Å². The van der Waals surface area contributed by atoms with Crippen LogP contribution in [0.3, 0.4) is 0 Å². The minimum atomic E-state index is -0.364. The van der Waals surface area contributed by atoms with Crippen LogP contribution < -0.4 is 0 Å². The Bertz CT molecular complexity index is 840. The first kappa shape index (κ1) is 17.5. The molecule has 0 spiro atoms. The zero-order valence-electron chi connectivity index (χ0n) is 14.3. The summed E-state index contributed by atoms with van der Waals surface area (Å²) in [5.41, 5.74) is 2.20. The maximum Gasteiger partial charge on any atom is 0.143 e. The molecule has 4 nitrogen and oxygen atoms in total. The van der Waals surface area contributed by atoms with Crippen molar-refractivity contribution in [1.29, 1.82) is 10.5 Å². The number of carbonyl (C=O) groups is 1. The number of allylic oxidation sites excluding steroid dienone is 1. The van der Waals surface area contributed by atoms with E-state index in [4.69, 9.17) is 5.26 Å². The van der Waals surface area contributed by atoms with Crippen LogP contribution >= 0.6 is 11.8 Å². The third-order valence-electron chi connectivity index (χ3n) is 4.69. The SMILES string of the molecule is CC1(C)CC(=O)C2C(=NC(SCC#N)=C(C#N)[C@@H]2c2ccccc2)C1. The Kier molecular flexibility index (Phi) is 4.79.